The maximum Gasteiger partial charge on any atom is 0.326 e. The summed E-state index contributed by atoms with van der Waals surface area (Å²) in [6.45, 7) is 10.2. The van der Waals surface area contributed by atoms with Crippen LogP contribution in [0, 0.1) is 13.8 Å². The maximum absolute atomic E-state index is 12.0. The van der Waals surface area contributed by atoms with Crippen molar-refractivity contribution < 1.29 is 0 Å². The van der Waals surface area contributed by atoms with E-state index in [0.717, 1.165) is 16.6 Å². The van der Waals surface area contributed by atoms with Gasteiger partial charge in [0.05, 0.1) is 11.0 Å². The Hall–Kier alpha value is -1.51. The number of benzene rings is 1. The number of rotatable bonds is 0. The van der Waals surface area contributed by atoms with E-state index in [0.29, 0.717) is 0 Å². The standard InChI is InChI=1S/C13H18N2O/c1-8-6-9(2)11-10(7-8)15(12(16)14-11)13(3,4)5/h6-7H,1-5H3,(H,14,16). The number of nitrogens with zero attached hydrogens (tertiary/aromatic N) is 1. The SMILES string of the molecule is Cc1cc(C)c2[nH]c(=O)n(C(C)(C)C)c2c1. The van der Waals surface area contributed by atoms with Gasteiger partial charge in [0, 0.05) is 5.54 Å². The van der Waals surface area contributed by atoms with Gasteiger partial charge in [-0.3, -0.25) is 4.57 Å². The van der Waals surface area contributed by atoms with E-state index in [1.807, 2.05) is 32.3 Å². The Kier molecular flexibility index (Phi) is 2.22. The van der Waals surface area contributed by atoms with E-state index in [2.05, 4.69) is 24.0 Å². The summed E-state index contributed by atoms with van der Waals surface area (Å²) in [6.07, 6.45) is 0. The number of nitrogens with one attached hydrogen (secondary N) is 1. The second-order valence-electron chi connectivity index (χ2n) is 5.41. The fourth-order valence-corrected chi connectivity index (χ4v) is 2.22. The van der Waals surface area contributed by atoms with Gasteiger partial charge in [-0.15, -0.1) is 0 Å². The third-order valence-electron chi connectivity index (χ3n) is 2.81. The van der Waals surface area contributed by atoms with Crippen LogP contribution in [-0.2, 0) is 5.54 Å². The molecule has 0 aliphatic heterocycles. The molecule has 86 valence electrons. The first-order chi connectivity index (χ1) is 7.30. The van der Waals surface area contributed by atoms with E-state index in [1.165, 1.54) is 5.56 Å². The zero-order chi connectivity index (χ0) is 12.1. The minimum absolute atomic E-state index is 0.0313. The largest absolute Gasteiger partial charge is 0.326 e. The molecule has 2 aromatic rings. The van der Waals surface area contributed by atoms with Gasteiger partial charge >= 0.3 is 5.69 Å². The molecule has 0 amide bonds. The molecule has 0 radical (unpaired) electrons. The molecule has 0 aliphatic carbocycles. The molecule has 0 atom stereocenters. The molecule has 1 N–H and O–H groups in total. The zero-order valence-corrected chi connectivity index (χ0v) is 10.5. The summed E-state index contributed by atoms with van der Waals surface area (Å²) in [7, 11) is 0. The first-order valence-corrected chi connectivity index (χ1v) is 5.53. The van der Waals surface area contributed by atoms with Crippen LogP contribution in [0.15, 0.2) is 16.9 Å². The van der Waals surface area contributed by atoms with Crippen LogP contribution >= 0.6 is 0 Å². The van der Waals surface area contributed by atoms with Gasteiger partial charge in [0.1, 0.15) is 0 Å². The fraction of sp³-hybridized carbons (Fsp3) is 0.462. The molecule has 0 saturated carbocycles. The summed E-state index contributed by atoms with van der Waals surface area (Å²) in [6, 6.07) is 4.15. The first-order valence-electron chi connectivity index (χ1n) is 5.53. The number of hydrogen-bond donors (Lipinski definition) is 1. The lowest BCUT2D eigenvalue weighted by atomic mass is 10.1. The Bertz CT molecular complexity index is 597. The van der Waals surface area contributed by atoms with Crippen LogP contribution in [0.25, 0.3) is 11.0 Å². The van der Waals surface area contributed by atoms with Gasteiger partial charge in [0.25, 0.3) is 0 Å². The minimum atomic E-state index is -0.199. The third-order valence-corrected chi connectivity index (χ3v) is 2.81. The predicted octanol–water partition coefficient (Wildman–Crippen LogP) is 2.70. The molecule has 0 unspecified atom stereocenters. The van der Waals surface area contributed by atoms with Gasteiger partial charge < -0.3 is 4.98 Å². The van der Waals surface area contributed by atoms with Crippen LogP contribution in [0.2, 0.25) is 0 Å². The highest BCUT2D eigenvalue weighted by atomic mass is 16.1. The zero-order valence-electron chi connectivity index (χ0n) is 10.5. The molecule has 0 saturated heterocycles. The second kappa shape index (κ2) is 3.24. The number of fused-ring (bicyclic) bond motifs is 1. The molecule has 1 heterocycles. The van der Waals surface area contributed by atoms with Crippen molar-refractivity contribution in [3.8, 4) is 0 Å². The van der Waals surface area contributed by atoms with E-state index in [4.69, 9.17) is 0 Å². The van der Waals surface area contributed by atoms with E-state index < -0.39 is 0 Å². The number of aryl methyl sites for hydroxylation is 2. The number of H-pyrrole nitrogens is 1. The highest BCUT2D eigenvalue weighted by Gasteiger charge is 2.19. The Morgan fingerprint density at radius 2 is 1.81 bits per heavy atom. The lowest BCUT2D eigenvalue weighted by Gasteiger charge is -2.20. The van der Waals surface area contributed by atoms with E-state index in [1.54, 1.807) is 0 Å². The average Bonchev–Trinajstić information content (AvgIpc) is 2.40. The highest BCUT2D eigenvalue weighted by Crippen LogP contribution is 2.22. The molecule has 1 aromatic carbocycles. The average molecular weight is 218 g/mol. The quantitative estimate of drug-likeness (QED) is 0.725. The Morgan fingerprint density at radius 3 is 2.38 bits per heavy atom. The summed E-state index contributed by atoms with van der Waals surface area (Å²) in [4.78, 5) is 14.9. The van der Waals surface area contributed by atoms with Crippen LogP contribution in [0.4, 0.5) is 0 Å². The van der Waals surface area contributed by atoms with Crippen molar-refractivity contribution in [3.05, 3.63) is 33.7 Å². The van der Waals surface area contributed by atoms with Gasteiger partial charge in [0.15, 0.2) is 0 Å². The van der Waals surface area contributed by atoms with Crippen LogP contribution in [0.1, 0.15) is 31.9 Å². The third kappa shape index (κ3) is 1.56. The van der Waals surface area contributed by atoms with Crippen LogP contribution in [-0.4, -0.2) is 9.55 Å². The van der Waals surface area contributed by atoms with E-state index in [-0.39, 0.29) is 11.2 Å². The van der Waals surface area contributed by atoms with Gasteiger partial charge in [-0.05, 0) is 51.8 Å². The van der Waals surface area contributed by atoms with Crippen LogP contribution in [0.3, 0.4) is 0 Å². The molecule has 0 aliphatic rings. The van der Waals surface area contributed by atoms with Crippen LogP contribution in [0.5, 0.6) is 0 Å². The number of aromatic amines is 1. The lowest BCUT2D eigenvalue weighted by Crippen LogP contribution is -2.31. The number of imidazole rings is 1. The molecule has 0 bridgehead atoms. The van der Waals surface area contributed by atoms with E-state index >= 15 is 0 Å². The van der Waals surface area contributed by atoms with E-state index in [9.17, 15) is 4.79 Å². The van der Waals surface area contributed by atoms with Crippen molar-refractivity contribution in [2.45, 2.75) is 40.2 Å². The fourth-order valence-electron chi connectivity index (χ4n) is 2.22. The Balaban J connectivity index is 2.95. The van der Waals surface area contributed by atoms with Crippen molar-refractivity contribution in [2.75, 3.05) is 0 Å². The highest BCUT2D eigenvalue weighted by molar-refractivity contribution is 5.80. The van der Waals surface area contributed by atoms with Crippen molar-refractivity contribution in [3.63, 3.8) is 0 Å². The van der Waals surface area contributed by atoms with Gasteiger partial charge in [-0.1, -0.05) is 6.07 Å². The maximum atomic E-state index is 12.0. The van der Waals surface area contributed by atoms with Gasteiger partial charge in [0.2, 0.25) is 0 Å². The summed E-state index contributed by atoms with van der Waals surface area (Å²) >= 11 is 0. The van der Waals surface area contributed by atoms with Crippen molar-refractivity contribution >= 4 is 11.0 Å². The van der Waals surface area contributed by atoms with Crippen LogP contribution < -0.4 is 5.69 Å². The predicted molar refractivity (Wildman–Crippen MR) is 67.0 cm³/mol. The molecular formula is C13H18N2O. The molecule has 0 spiro atoms. The van der Waals surface area contributed by atoms with Crippen molar-refractivity contribution in [2.24, 2.45) is 0 Å². The monoisotopic (exact) mass is 218 g/mol. The number of aromatic nitrogens is 2. The Morgan fingerprint density at radius 1 is 1.19 bits per heavy atom. The topological polar surface area (TPSA) is 37.8 Å². The van der Waals surface area contributed by atoms with Gasteiger partial charge in [-0.2, -0.15) is 0 Å². The molecule has 3 nitrogen and oxygen atoms in total. The molecule has 1 aromatic heterocycles. The minimum Gasteiger partial charge on any atom is -0.305 e. The van der Waals surface area contributed by atoms with Gasteiger partial charge in [-0.25, -0.2) is 4.79 Å². The molecule has 0 fully saturated rings. The molecular weight excluding hydrogens is 200 g/mol. The summed E-state index contributed by atoms with van der Waals surface area (Å²) < 4.78 is 1.82. The van der Waals surface area contributed by atoms with Crippen molar-refractivity contribution in [1.82, 2.24) is 9.55 Å². The molecule has 3 heteroatoms. The normalized spacial score (nSPS) is 12.3. The van der Waals surface area contributed by atoms with Crippen molar-refractivity contribution in [1.29, 1.82) is 0 Å². The lowest BCUT2D eigenvalue weighted by molar-refractivity contribution is 0.397. The summed E-state index contributed by atoms with van der Waals surface area (Å²) in [5.74, 6) is 0. The molecule has 16 heavy (non-hydrogen) atoms. The molecule has 2 rings (SSSR count). The Labute approximate surface area is 95.1 Å². The summed E-state index contributed by atoms with van der Waals surface area (Å²) in [5.41, 5.74) is 4.02. The smallest absolute Gasteiger partial charge is 0.305 e. The second-order valence-corrected chi connectivity index (χ2v) is 5.41. The number of hydrogen-bond acceptors (Lipinski definition) is 1. The first kappa shape index (κ1) is 11.0. The summed E-state index contributed by atoms with van der Waals surface area (Å²) in [5, 5.41) is 0.